The van der Waals surface area contributed by atoms with Crippen LogP contribution in [-0.2, 0) is 7.05 Å². The van der Waals surface area contributed by atoms with Crippen molar-refractivity contribution in [3.63, 3.8) is 0 Å². The van der Waals surface area contributed by atoms with Crippen molar-refractivity contribution in [1.29, 1.82) is 0 Å². The average Bonchev–Trinajstić information content (AvgIpc) is 3.53. The topological polar surface area (TPSA) is 99.1 Å². The fraction of sp³-hybridized carbons (Fsp3) is 0.129. The van der Waals surface area contributed by atoms with E-state index in [2.05, 4.69) is 32.3 Å². The summed E-state index contributed by atoms with van der Waals surface area (Å²) in [5.41, 5.74) is 4.22. The van der Waals surface area contributed by atoms with Crippen molar-refractivity contribution in [1.82, 2.24) is 34.3 Å². The molecule has 6 rings (SSSR count). The van der Waals surface area contributed by atoms with E-state index < -0.39 is 6.04 Å². The number of hydrogen-bond donors (Lipinski definition) is 1. The number of nitrogens with zero attached hydrogens (tertiary/aromatic N) is 6. The zero-order chi connectivity index (χ0) is 27.8. The maximum atomic E-state index is 14.2. The Morgan fingerprint density at radius 2 is 1.88 bits per heavy atom. The second-order valence-corrected chi connectivity index (χ2v) is 9.53. The summed E-state index contributed by atoms with van der Waals surface area (Å²) >= 11 is 0. The van der Waals surface area contributed by atoms with Gasteiger partial charge in [0, 0.05) is 36.4 Å². The summed E-state index contributed by atoms with van der Waals surface area (Å²) in [6.07, 6.45) is 6.70. The number of aryl methyl sites for hydroxylation is 2. The van der Waals surface area contributed by atoms with E-state index in [0.29, 0.717) is 39.1 Å². The highest BCUT2D eigenvalue weighted by Crippen LogP contribution is 2.24. The van der Waals surface area contributed by atoms with Crippen molar-refractivity contribution >= 4 is 22.2 Å². The first-order valence-electron chi connectivity index (χ1n) is 12.8. The molecule has 40 heavy (non-hydrogen) atoms. The van der Waals surface area contributed by atoms with Crippen LogP contribution in [0, 0.1) is 18.8 Å². The van der Waals surface area contributed by atoms with Gasteiger partial charge in [0.1, 0.15) is 6.33 Å². The van der Waals surface area contributed by atoms with Crippen LogP contribution < -0.4 is 10.9 Å². The largest absolute Gasteiger partial charge is 0.344 e. The first-order valence-corrected chi connectivity index (χ1v) is 12.8. The Bertz CT molecular complexity index is 2020. The van der Waals surface area contributed by atoms with Gasteiger partial charge in [-0.1, -0.05) is 42.2 Å². The van der Waals surface area contributed by atoms with E-state index in [1.165, 1.54) is 0 Å². The molecule has 4 aromatic heterocycles. The number of fused-ring (bicyclic) bond motifs is 2. The lowest BCUT2D eigenvalue weighted by atomic mass is 10.0. The predicted octanol–water partition coefficient (Wildman–Crippen LogP) is 3.97. The smallest absolute Gasteiger partial charge is 0.264 e. The van der Waals surface area contributed by atoms with E-state index in [1.54, 1.807) is 45.5 Å². The molecule has 9 nitrogen and oxygen atoms in total. The van der Waals surface area contributed by atoms with Crippen molar-refractivity contribution < 1.29 is 4.79 Å². The molecule has 4 heterocycles. The standard InChI is InChI=1S/C31H25N7O2/c1-20(34-30(39)28-21(2)35-37-19-32-15-14-26(28)37)27-16-24-9-7-8-23(13-12-22-17-33-36(3)18-22)29(24)31(40)38(27)25-10-5-4-6-11-25/h4-11,14-20H,1-3H3,(H,34,39)/t20-/m0/s1. The van der Waals surface area contributed by atoms with Crippen LogP contribution >= 0.6 is 0 Å². The van der Waals surface area contributed by atoms with E-state index in [9.17, 15) is 9.59 Å². The third kappa shape index (κ3) is 4.41. The van der Waals surface area contributed by atoms with Crippen LogP contribution in [0.4, 0.5) is 0 Å². The molecule has 2 aromatic carbocycles. The number of nitrogens with one attached hydrogen (secondary N) is 1. The Balaban J connectivity index is 1.48. The Morgan fingerprint density at radius 3 is 2.65 bits per heavy atom. The van der Waals surface area contributed by atoms with Gasteiger partial charge in [0.25, 0.3) is 11.5 Å². The lowest BCUT2D eigenvalue weighted by Crippen LogP contribution is -2.32. The molecule has 0 bridgehead atoms. The molecule has 1 N–H and O–H groups in total. The number of para-hydroxylation sites is 1. The SMILES string of the molecule is Cc1nn2cnccc2c1C(=O)N[C@@H](C)c1cc2cccc(C#Cc3cnn(C)c3)c2c(=O)n1-c1ccccc1. The highest BCUT2D eigenvalue weighted by Gasteiger charge is 2.23. The molecule has 1 amide bonds. The van der Waals surface area contributed by atoms with Crippen LogP contribution in [0.15, 0.2) is 90.4 Å². The second-order valence-electron chi connectivity index (χ2n) is 9.53. The zero-order valence-corrected chi connectivity index (χ0v) is 22.2. The van der Waals surface area contributed by atoms with Gasteiger partial charge in [-0.05, 0) is 49.6 Å². The molecule has 9 heteroatoms. The minimum absolute atomic E-state index is 0.214. The van der Waals surface area contributed by atoms with Crippen LogP contribution in [0.3, 0.4) is 0 Å². The van der Waals surface area contributed by atoms with Crippen molar-refractivity contribution in [2.45, 2.75) is 19.9 Å². The first-order chi connectivity index (χ1) is 19.4. The minimum atomic E-state index is -0.508. The van der Waals surface area contributed by atoms with Crippen LogP contribution in [-0.4, -0.2) is 34.9 Å². The monoisotopic (exact) mass is 527 g/mol. The first kappa shape index (κ1) is 24.8. The van der Waals surface area contributed by atoms with Crippen molar-refractivity contribution in [3.8, 4) is 17.5 Å². The summed E-state index contributed by atoms with van der Waals surface area (Å²) in [5.74, 6) is 5.98. The van der Waals surface area contributed by atoms with Crippen LogP contribution in [0.2, 0.25) is 0 Å². The number of hydrogen-bond acceptors (Lipinski definition) is 5. The lowest BCUT2D eigenvalue weighted by Gasteiger charge is -2.21. The van der Waals surface area contributed by atoms with E-state index >= 15 is 0 Å². The molecule has 0 aliphatic rings. The van der Waals surface area contributed by atoms with Gasteiger partial charge in [-0.2, -0.15) is 10.2 Å². The Kier molecular flexibility index (Phi) is 6.21. The molecule has 0 saturated carbocycles. The van der Waals surface area contributed by atoms with Crippen molar-refractivity contribution in [2.24, 2.45) is 7.05 Å². The van der Waals surface area contributed by atoms with Gasteiger partial charge in [0.05, 0.1) is 40.0 Å². The van der Waals surface area contributed by atoms with E-state index in [-0.39, 0.29) is 11.5 Å². The average molecular weight is 528 g/mol. The van der Waals surface area contributed by atoms with Crippen molar-refractivity contribution in [2.75, 3.05) is 0 Å². The number of rotatable bonds is 4. The van der Waals surface area contributed by atoms with E-state index in [0.717, 1.165) is 10.9 Å². The lowest BCUT2D eigenvalue weighted by molar-refractivity contribution is 0.0939. The molecule has 6 aromatic rings. The highest BCUT2D eigenvalue weighted by atomic mass is 16.2. The Morgan fingerprint density at radius 1 is 1.05 bits per heavy atom. The van der Waals surface area contributed by atoms with Gasteiger partial charge in [-0.15, -0.1) is 0 Å². The summed E-state index contributed by atoms with van der Waals surface area (Å²) in [4.78, 5) is 31.8. The number of carbonyl (C=O) groups is 1. The second kappa shape index (κ2) is 10.0. The Labute approximate surface area is 229 Å². The summed E-state index contributed by atoms with van der Waals surface area (Å²) in [5, 5.41) is 12.9. The third-order valence-corrected chi connectivity index (χ3v) is 6.77. The molecule has 1 atom stereocenters. The molecule has 0 radical (unpaired) electrons. The molecule has 0 fully saturated rings. The van der Waals surface area contributed by atoms with E-state index in [4.69, 9.17) is 0 Å². The number of pyridine rings is 1. The third-order valence-electron chi connectivity index (χ3n) is 6.77. The summed E-state index contributed by atoms with van der Waals surface area (Å²) in [6.45, 7) is 3.66. The summed E-state index contributed by atoms with van der Waals surface area (Å²) < 4.78 is 4.91. The van der Waals surface area contributed by atoms with Gasteiger partial charge in [-0.25, -0.2) is 9.50 Å². The van der Waals surface area contributed by atoms with Crippen LogP contribution in [0.25, 0.3) is 22.0 Å². The number of aromatic nitrogens is 6. The van der Waals surface area contributed by atoms with E-state index in [1.807, 2.05) is 74.8 Å². The fourth-order valence-electron chi connectivity index (χ4n) is 4.93. The molecule has 196 valence electrons. The minimum Gasteiger partial charge on any atom is -0.344 e. The number of benzene rings is 2. The predicted molar refractivity (Wildman–Crippen MR) is 152 cm³/mol. The maximum Gasteiger partial charge on any atom is 0.264 e. The van der Waals surface area contributed by atoms with Crippen molar-refractivity contribution in [3.05, 3.63) is 124 Å². The summed E-state index contributed by atoms with van der Waals surface area (Å²) in [6, 6.07) is 18.2. The Hall–Kier alpha value is -5.49. The molecule has 0 unspecified atom stereocenters. The van der Waals surface area contributed by atoms with Crippen LogP contribution in [0.5, 0.6) is 0 Å². The number of carbonyl (C=O) groups excluding carboxylic acids is 1. The molecule has 0 aliphatic heterocycles. The number of amides is 1. The quantitative estimate of drug-likeness (QED) is 0.350. The van der Waals surface area contributed by atoms with Gasteiger partial charge in [-0.3, -0.25) is 18.8 Å². The zero-order valence-electron chi connectivity index (χ0n) is 22.2. The maximum absolute atomic E-state index is 14.2. The fourth-order valence-corrected chi connectivity index (χ4v) is 4.93. The summed E-state index contributed by atoms with van der Waals surface area (Å²) in [7, 11) is 1.83. The molecular weight excluding hydrogens is 502 g/mol. The van der Waals surface area contributed by atoms with Gasteiger partial charge in [0.2, 0.25) is 0 Å². The molecule has 0 saturated heterocycles. The van der Waals surface area contributed by atoms with Crippen LogP contribution in [0.1, 0.15) is 45.8 Å². The normalized spacial score (nSPS) is 11.8. The van der Waals surface area contributed by atoms with Gasteiger partial charge < -0.3 is 5.32 Å². The van der Waals surface area contributed by atoms with Gasteiger partial charge in [0.15, 0.2) is 0 Å². The van der Waals surface area contributed by atoms with Gasteiger partial charge >= 0.3 is 0 Å². The molecular formula is C31H25N7O2. The molecule has 0 spiro atoms. The highest BCUT2D eigenvalue weighted by molar-refractivity contribution is 6.02. The molecule has 0 aliphatic carbocycles.